The number of ketones is 2. The van der Waals surface area contributed by atoms with Crippen LogP contribution in [-0.2, 0) is 27.2 Å². The Morgan fingerprint density at radius 2 is 1.86 bits per heavy atom. The van der Waals surface area contributed by atoms with E-state index in [4.69, 9.17) is 15.9 Å². The molecule has 1 amide bonds. The molecule has 10 nitrogen and oxygen atoms in total. The number of primary amides is 1. The number of rotatable bonds is 5. The summed E-state index contributed by atoms with van der Waals surface area (Å²) in [6.07, 6.45) is 1.73. The Kier molecular flexibility index (Phi) is 7.70. The van der Waals surface area contributed by atoms with Gasteiger partial charge in [-0.2, -0.15) is 0 Å². The maximum absolute atomic E-state index is 15.0. The summed E-state index contributed by atoms with van der Waals surface area (Å²) in [5.41, 5.74) is 1.84. The number of aliphatic hydroxyl groups is 4. The average Bonchev–Trinajstić information content (AvgIpc) is 2.83. The number of nitrogens with two attached hydrogens (primary N) is 1. The molecule has 4 rings (SSSR count). The lowest BCUT2D eigenvalue weighted by Crippen LogP contribution is -2.66. The van der Waals surface area contributed by atoms with Crippen LogP contribution in [0.25, 0.3) is 5.76 Å². The first-order chi connectivity index (χ1) is 16.9. The highest BCUT2D eigenvalue weighted by Gasteiger charge is 2.63. The van der Waals surface area contributed by atoms with Crippen LogP contribution in [0.15, 0.2) is 23.3 Å². The highest BCUT2D eigenvalue weighted by atomic mass is 19.1. The second kappa shape index (κ2) is 10.1. The molecule has 4 atom stereocenters. The number of phenolic OH excluding ortho intramolecular Hbond substituents is 1. The van der Waals surface area contributed by atoms with E-state index in [0.29, 0.717) is 0 Å². The van der Waals surface area contributed by atoms with Gasteiger partial charge in [0.05, 0.1) is 11.1 Å². The molecule has 36 heavy (non-hydrogen) atoms. The number of carbonyl (C=O) groups excluding carboxylic acids is 3. The number of aromatic hydroxyl groups is 1. The average molecular weight is 507 g/mol. The molecule has 196 valence electrons. The summed E-state index contributed by atoms with van der Waals surface area (Å²) in [5, 5.41) is 49.4. The predicted molar refractivity (Wildman–Crippen MR) is 126 cm³/mol. The molecule has 3 aliphatic carbocycles. The van der Waals surface area contributed by atoms with Gasteiger partial charge in [0.1, 0.15) is 17.3 Å². The highest BCUT2D eigenvalue weighted by molar-refractivity contribution is 6.32. The molecule has 11 heteroatoms. The van der Waals surface area contributed by atoms with Gasteiger partial charge in [-0.1, -0.05) is 6.08 Å². The third-order valence-corrected chi connectivity index (χ3v) is 7.25. The Hall–Kier alpha value is -3.12. The van der Waals surface area contributed by atoms with Crippen molar-refractivity contribution in [1.82, 2.24) is 4.90 Å². The molecule has 0 saturated heterocycles. The number of Topliss-reactive ketones (excluding diaryl/α,β-unsaturated/α-hetero) is 2. The lowest BCUT2D eigenvalue weighted by Gasteiger charge is -2.49. The Balaban J connectivity index is 0.00000176. The third-order valence-electron chi connectivity index (χ3n) is 7.25. The van der Waals surface area contributed by atoms with E-state index in [2.05, 4.69) is 0 Å². The van der Waals surface area contributed by atoms with Crippen molar-refractivity contribution in [3.05, 3.63) is 45.8 Å². The minimum atomic E-state index is -2.64. The standard InChI is InChI=1S/C24H27FN2O7.CH4O/c1-27(2)16-9-13(23(26)33)21(31)24(34)14(16)7-11-6-12-15(25)8-10(4-3-5-28)19(29)18(12)20(30)17(11)22(24)32;1-2/h8-9,11,14,16,28-30,34H,3-7H2,1-2H3,(H2,26,33);2H,1H3/t11-,14-,16+,24+;/m0./s1. The molecule has 0 unspecified atom stereocenters. The van der Waals surface area contributed by atoms with Crippen molar-refractivity contribution in [1.29, 1.82) is 0 Å². The number of amides is 1. The van der Waals surface area contributed by atoms with Crippen LogP contribution in [0.5, 0.6) is 5.75 Å². The summed E-state index contributed by atoms with van der Waals surface area (Å²) >= 11 is 0. The molecule has 1 saturated carbocycles. The van der Waals surface area contributed by atoms with Crippen LogP contribution >= 0.6 is 0 Å². The van der Waals surface area contributed by atoms with Gasteiger partial charge in [-0.05, 0) is 57.3 Å². The van der Waals surface area contributed by atoms with Gasteiger partial charge in [0.2, 0.25) is 11.6 Å². The van der Waals surface area contributed by atoms with Gasteiger partial charge in [0.25, 0.3) is 5.91 Å². The van der Waals surface area contributed by atoms with Crippen molar-refractivity contribution < 1.29 is 44.3 Å². The van der Waals surface area contributed by atoms with E-state index in [1.807, 2.05) is 0 Å². The number of carbonyl (C=O) groups is 3. The molecular formula is C25H31FN2O8. The zero-order chi connectivity index (χ0) is 27.1. The van der Waals surface area contributed by atoms with E-state index in [9.17, 15) is 29.7 Å². The van der Waals surface area contributed by atoms with Crippen LogP contribution in [0, 0.1) is 17.7 Å². The number of aliphatic hydroxyl groups excluding tert-OH is 3. The van der Waals surface area contributed by atoms with Gasteiger partial charge in [-0.3, -0.25) is 14.4 Å². The van der Waals surface area contributed by atoms with Crippen LogP contribution in [0.3, 0.4) is 0 Å². The predicted octanol–water partition coefficient (Wildman–Crippen LogP) is -0.249. The van der Waals surface area contributed by atoms with Crippen molar-refractivity contribution in [3.63, 3.8) is 0 Å². The fourth-order valence-electron chi connectivity index (χ4n) is 5.60. The monoisotopic (exact) mass is 506 g/mol. The summed E-state index contributed by atoms with van der Waals surface area (Å²) in [7, 11) is 4.32. The number of fused-ring (bicyclic) bond motifs is 3. The normalized spacial score (nSPS) is 27.0. The second-order valence-electron chi connectivity index (χ2n) is 9.38. The SMILES string of the molecule is CN(C)[C@@H]1C=C(C(N)=O)C(=O)[C@@]2(O)C(=O)C3=C(O)c4c(O)c(CCCO)cc(F)c4C[C@H]3C[C@@H]12.CO. The number of hydrogen-bond donors (Lipinski definition) is 6. The van der Waals surface area contributed by atoms with Crippen LogP contribution in [-0.4, -0.2) is 87.4 Å². The number of aryl methyl sites for hydroxylation is 1. The van der Waals surface area contributed by atoms with Gasteiger partial charge < -0.3 is 36.2 Å². The van der Waals surface area contributed by atoms with Gasteiger partial charge >= 0.3 is 0 Å². The van der Waals surface area contributed by atoms with E-state index in [1.54, 1.807) is 19.0 Å². The minimum absolute atomic E-state index is 0.0339. The second-order valence-corrected chi connectivity index (χ2v) is 9.38. The van der Waals surface area contributed by atoms with Crippen LogP contribution in [0.4, 0.5) is 4.39 Å². The van der Waals surface area contributed by atoms with Gasteiger partial charge in [0, 0.05) is 36.8 Å². The van der Waals surface area contributed by atoms with Crippen LogP contribution in [0.2, 0.25) is 0 Å². The number of likely N-dealkylation sites (N-methyl/N-ethyl adjacent to an activating group) is 1. The number of phenols is 1. The maximum atomic E-state index is 15.0. The number of hydrogen-bond acceptors (Lipinski definition) is 9. The van der Waals surface area contributed by atoms with Crippen molar-refractivity contribution in [3.8, 4) is 5.75 Å². The molecule has 0 aromatic heterocycles. The van der Waals surface area contributed by atoms with Gasteiger partial charge in [0.15, 0.2) is 5.60 Å². The number of benzene rings is 1. The molecular weight excluding hydrogens is 475 g/mol. The zero-order valence-corrected chi connectivity index (χ0v) is 20.3. The Labute approximate surface area is 207 Å². The van der Waals surface area contributed by atoms with E-state index in [1.165, 1.54) is 6.08 Å². The molecule has 1 aromatic rings. The number of nitrogens with zero attached hydrogens (tertiary/aromatic N) is 1. The minimum Gasteiger partial charge on any atom is -0.507 e. The maximum Gasteiger partial charge on any atom is 0.252 e. The quantitative estimate of drug-likeness (QED) is 0.232. The first kappa shape index (κ1) is 27.5. The van der Waals surface area contributed by atoms with Gasteiger partial charge in [-0.25, -0.2) is 4.39 Å². The molecule has 1 fully saturated rings. The fraction of sp³-hybridized carbons (Fsp3) is 0.480. The smallest absolute Gasteiger partial charge is 0.252 e. The summed E-state index contributed by atoms with van der Waals surface area (Å²) in [4.78, 5) is 40.3. The largest absolute Gasteiger partial charge is 0.507 e. The van der Waals surface area contributed by atoms with Crippen molar-refractivity contribution >= 4 is 23.2 Å². The number of halogens is 1. The zero-order valence-electron chi connectivity index (χ0n) is 20.3. The fourth-order valence-corrected chi connectivity index (χ4v) is 5.60. The van der Waals surface area contributed by atoms with Crippen molar-refractivity contribution in [2.45, 2.75) is 37.3 Å². The molecule has 0 aliphatic heterocycles. The molecule has 0 heterocycles. The topological polar surface area (TPSA) is 182 Å². The summed E-state index contributed by atoms with van der Waals surface area (Å²) in [6.45, 7) is -0.189. The summed E-state index contributed by atoms with van der Waals surface area (Å²) in [5.74, 6) is -6.77. The third kappa shape index (κ3) is 4.01. The Morgan fingerprint density at radius 3 is 2.42 bits per heavy atom. The Morgan fingerprint density at radius 1 is 1.22 bits per heavy atom. The molecule has 1 aromatic carbocycles. The summed E-state index contributed by atoms with van der Waals surface area (Å²) < 4.78 is 15.0. The van der Waals surface area contributed by atoms with E-state index < -0.39 is 63.9 Å². The molecule has 0 spiro atoms. The van der Waals surface area contributed by atoms with Crippen LogP contribution < -0.4 is 5.73 Å². The molecule has 0 radical (unpaired) electrons. The van der Waals surface area contributed by atoms with Crippen LogP contribution in [0.1, 0.15) is 29.5 Å². The molecule has 0 bridgehead atoms. The lowest BCUT2D eigenvalue weighted by atomic mass is 9.57. The van der Waals surface area contributed by atoms with E-state index >= 15 is 4.39 Å². The summed E-state index contributed by atoms with van der Waals surface area (Å²) in [6, 6.07) is 0.455. The Bertz CT molecular complexity index is 1180. The first-order valence-electron chi connectivity index (χ1n) is 11.5. The van der Waals surface area contributed by atoms with Crippen molar-refractivity contribution in [2.75, 3.05) is 27.8 Å². The molecule has 7 N–H and O–H groups in total. The van der Waals surface area contributed by atoms with E-state index in [-0.39, 0.29) is 54.6 Å². The first-order valence-corrected chi connectivity index (χ1v) is 11.5. The highest BCUT2D eigenvalue weighted by Crippen LogP contribution is 2.51. The lowest BCUT2D eigenvalue weighted by molar-refractivity contribution is -0.160. The van der Waals surface area contributed by atoms with Crippen molar-refractivity contribution in [2.24, 2.45) is 17.6 Å². The van der Waals surface area contributed by atoms with E-state index in [0.717, 1.165) is 13.2 Å². The van der Waals surface area contributed by atoms with Gasteiger partial charge in [-0.15, -0.1) is 0 Å². The molecule has 3 aliphatic rings.